The minimum Gasteiger partial charge on any atom is -0.456 e. The molecule has 0 radical (unpaired) electrons. The van der Waals surface area contributed by atoms with E-state index in [2.05, 4.69) is 19.2 Å². The summed E-state index contributed by atoms with van der Waals surface area (Å²) in [6, 6.07) is 14.8. The van der Waals surface area contributed by atoms with Crippen molar-refractivity contribution >= 4 is 17.4 Å². The molecule has 2 aromatic rings. The Morgan fingerprint density at radius 2 is 2.00 bits per heavy atom. The maximum Gasteiger partial charge on any atom is 0.170 e. The third kappa shape index (κ3) is 4.05. The maximum absolute atomic E-state index is 13.3. The number of hydrogen-bond donors (Lipinski definition) is 1. The number of carbonyl (C=O) groups excluding carboxylic acids is 1. The van der Waals surface area contributed by atoms with Gasteiger partial charge in [-0.1, -0.05) is 43.6 Å². The predicted octanol–water partition coefficient (Wildman–Crippen LogP) is 5.34. The smallest absolute Gasteiger partial charge is 0.170 e. The second-order valence-corrected chi connectivity index (χ2v) is 7.60. The molecule has 1 saturated heterocycles. The van der Waals surface area contributed by atoms with Gasteiger partial charge in [-0.25, -0.2) is 0 Å². The molecule has 3 nitrogen and oxygen atoms in total. The zero-order chi connectivity index (χ0) is 17.9. The number of ketones is 1. The normalized spacial score (nSPS) is 20.0. The Kier molecular flexibility index (Phi) is 5.45. The minimum atomic E-state index is -0.327. The van der Waals surface area contributed by atoms with Gasteiger partial charge in [-0.3, -0.25) is 4.79 Å². The van der Waals surface area contributed by atoms with Crippen molar-refractivity contribution in [3.63, 3.8) is 0 Å². The van der Waals surface area contributed by atoms with Crippen LogP contribution in [0.4, 0.5) is 0 Å². The van der Waals surface area contributed by atoms with E-state index in [0.717, 1.165) is 25.9 Å². The van der Waals surface area contributed by atoms with Gasteiger partial charge in [0.25, 0.3) is 0 Å². The second kappa shape index (κ2) is 7.59. The molecule has 0 spiro atoms. The van der Waals surface area contributed by atoms with E-state index >= 15 is 0 Å². The fraction of sp³-hybridized carbons (Fsp3) is 0.381. The average Bonchev–Trinajstić information content (AvgIpc) is 3.06. The molecule has 1 aliphatic heterocycles. The molecule has 0 saturated carbocycles. The van der Waals surface area contributed by atoms with Crippen LogP contribution in [0, 0.1) is 11.3 Å². The fourth-order valence-corrected chi connectivity index (χ4v) is 3.79. The average molecular weight is 358 g/mol. The van der Waals surface area contributed by atoms with Crippen molar-refractivity contribution in [2.45, 2.75) is 26.7 Å². The molecule has 2 aromatic carbocycles. The van der Waals surface area contributed by atoms with E-state index in [4.69, 9.17) is 16.3 Å². The Bertz CT molecular complexity index is 737. The predicted molar refractivity (Wildman–Crippen MR) is 102 cm³/mol. The van der Waals surface area contributed by atoms with E-state index in [1.54, 1.807) is 12.1 Å². The molecule has 0 aromatic heterocycles. The van der Waals surface area contributed by atoms with Crippen LogP contribution in [-0.2, 0) is 0 Å². The molecule has 3 rings (SSSR count). The molecular formula is C21H24ClNO2. The number of ether oxygens (including phenoxy) is 1. The van der Waals surface area contributed by atoms with Crippen LogP contribution in [0.15, 0.2) is 48.5 Å². The molecule has 1 fully saturated rings. The lowest BCUT2D eigenvalue weighted by Crippen LogP contribution is -2.35. The first-order valence-corrected chi connectivity index (χ1v) is 9.16. The molecule has 4 heteroatoms. The van der Waals surface area contributed by atoms with Crippen LogP contribution >= 0.6 is 11.6 Å². The van der Waals surface area contributed by atoms with Gasteiger partial charge in [-0.05, 0) is 55.6 Å². The first kappa shape index (κ1) is 18.0. The van der Waals surface area contributed by atoms with Gasteiger partial charge in [0.2, 0.25) is 0 Å². The van der Waals surface area contributed by atoms with Crippen LogP contribution in [0.25, 0.3) is 0 Å². The molecule has 1 aliphatic rings. The molecule has 0 bridgehead atoms. The lowest BCUT2D eigenvalue weighted by Gasteiger charge is -2.28. The monoisotopic (exact) mass is 357 g/mol. The summed E-state index contributed by atoms with van der Waals surface area (Å²) in [5.74, 6) is 1.87. The molecule has 1 unspecified atom stereocenters. The summed E-state index contributed by atoms with van der Waals surface area (Å²) in [5, 5.41) is 3.86. The third-order valence-electron chi connectivity index (χ3n) is 4.69. The van der Waals surface area contributed by atoms with Gasteiger partial charge in [-0.15, -0.1) is 0 Å². The maximum atomic E-state index is 13.3. The highest BCUT2D eigenvalue weighted by molar-refractivity contribution is 6.32. The summed E-state index contributed by atoms with van der Waals surface area (Å²) in [5.41, 5.74) is 0.339. The molecule has 0 aliphatic carbocycles. The standard InChI is InChI=1S/C21H24ClNO2/c1-15(2)13-21(10-11-23-14-21)20(24)16-8-9-18(22)19(12-16)25-17-6-4-3-5-7-17/h3-9,12,15,23H,10-11,13-14H2,1-2H3. The van der Waals surface area contributed by atoms with Crippen LogP contribution in [0.1, 0.15) is 37.0 Å². The quantitative estimate of drug-likeness (QED) is 0.709. The SMILES string of the molecule is CC(C)CC1(C(=O)c2ccc(Cl)c(Oc3ccccc3)c2)CCNC1. The van der Waals surface area contributed by atoms with Crippen molar-refractivity contribution < 1.29 is 9.53 Å². The Balaban J connectivity index is 1.89. The first-order valence-electron chi connectivity index (χ1n) is 8.78. The molecule has 1 heterocycles. The number of nitrogens with one attached hydrogen (secondary N) is 1. The van der Waals surface area contributed by atoms with E-state index in [0.29, 0.717) is 28.0 Å². The molecule has 132 valence electrons. The Morgan fingerprint density at radius 1 is 1.24 bits per heavy atom. The van der Waals surface area contributed by atoms with Gasteiger partial charge in [0, 0.05) is 17.5 Å². The van der Waals surface area contributed by atoms with E-state index in [1.165, 1.54) is 0 Å². The Labute approximate surface area is 154 Å². The first-order chi connectivity index (χ1) is 12.0. The lowest BCUT2D eigenvalue weighted by atomic mass is 9.74. The van der Waals surface area contributed by atoms with E-state index in [9.17, 15) is 4.79 Å². The van der Waals surface area contributed by atoms with Crippen LogP contribution in [0.5, 0.6) is 11.5 Å². The van der Waals surface area contributed by atoms with Crippen LogP contribution in [0.3, 0.4) is 0 Å². The summed E-state index contributed by atoms with van der Waals surface area (Å²) < 4.78 is 5.88. The van der Waals surface area contributed by atoms with Crippen molar-refractivity contribution in [2.24, 2.45) is 11.3 Å². The van der Waals surface area contributed by atoms with Crippen LogP contribution < -0.4 is 10.1 Å². The van der Waals surface area contributed by atoms with Crippen molar-refractivity contribution in [2.75, 3.05) is 13.1 Å². The van der Waals surface area contributed by atoms with Crippen molar-refractivity contribution in [3.05, 3.63) is 59.1 Å². The molecule has 0 amide bonds. The van der Waals surface area contributed by atoms with Crippen molar-refractivity contribution in [1.82, 2.24) is 5.32 Å². The number of rotatable bonds is 6. The lowest BCUT2D eigenvalue weighted by molar-refractivity contribution is 0.0782. The third-order valence-corrected chi connectivity index (χ3v) is 5.00. The van der Waals surface area contributed by atoms with Gasteiger partial charge in [0.05, 0.1) is 5.02 Å². The fourth-order valence-electron chi connectivity index (χ4n) is 3.63. The van der Waals surface area contributed by atoms with Gasteiger partial charge >= 0.3 is 0 Å². The Morgan fingerprint density at radius 3 is 2.64 bits per heavy atom. The highest BCUT2D eigenvalue weighted by atomic mass is 35.5. The number of Topliss-reactive ketones (excluding diaryl/α,β-unsaturated/α-hetero) is 1. The molecule has 25 heavy (non-hydrogen) atoms. The van der Waals surface area contributed by atoms with E-state index in [1.807, 2.05) is 36.4 Å². The number of para-hydroxylation sites is 1. The second-order valence-electron chi connectivity index (χ2n) is 7.19. The van der Waals surface area contributed by atoms with E-state index in [-0.39, 0.29) is 11.2 Å². The minimum absolute atomic E-state index is 0.181. The van der Waals surface area contributed by atoms with Crippen LogP contribution in [0.2, 0.25) is 5.02 Å². The van der Waals surface area contributed by atoms with Gasteiger partial charge < -0.3 is 10.1 Å². The zero-order valence-electron chi connectivity index (χ0n) is 14.7. The number of carbonyl (C=O) groups is 1. The van der Waals surface area contributed by atoms with Crippen molar-refractivity contribution in [1.29, 1.82) is 0 Å². The number of hydrogen-bond acceptors (Lipinski definition) is 3. The number of halogens is 1. The van der Waals surface area contributed by atoms with Gasteiger partial charge in [-0.2, -0.15) is 0 Å². The highest BCUT2D eigenvalue weighted by Crippen LogP contribution is 2.38. The van der Waals surface area contributed by atoms with Gasteiger partial charge in [0.1, 0.15) is 11.5 Å². The van der Waals surface area contributed by atoms with Crippen LogP contribution in [-0.4, -0.2) is 18.9 Å². The van der Waals surface area contributed by atoms with Gasteiger partial charge in [0.15, 0.2) is 5.78 Å². The largest absolute Gasteiger partial charge is 0.456 e. The summed E-state index contributed by atoms with van der Waals surface area (Å²) in [6.07, 6.45) is 1.76. The van der Waals surface area contributed by atoms with Crippen molar-refractivity contribution in [3.8, 4) is 11.5 Å². The zero-order valence-corrected chi connectivity index (χ0v) is 15.5. The topological polar surface area (TPSA) is 38.3 Å². The Hall–Kier alpha value is -1.84. The summed E-state index contributed by atoms with van der Waals surface area (Å²) in [4.78, 5) is 13.3. The van der Waals surface area contributed by atoms with E-state index < -0.39 is 0 Å². The number of benzene rings is 2. The molecule has 1 atom stereocenters. The summed E-state index contributed by atoms with van der Waals surface area (Å²) in [7, 11) is 0. The molecule has 1 N–H and O–H groups in total. The highest BCUT2D eigenvalue weighted by Gasteiger charge is 2.41. The molecular weight excluding hydrogens is 334 g/mol. The summed E-state index contributed by atoms with van der Waals surface area (Å²) >= 11 is 6.28. The summed E-state index contributed by atoms with van der Waals surface area (Å²) in [6.45, 7) is 5.96.